The minimum absolute atomic E-state index is 0.0516. The zero-order valence-electron chi connectivity index (χ0n) is 23.5. The summed E-state index contributed by atoms with van der Waals surface area (Å²) in [6, 6.07) is 22.2. The predicted octanol–water partition coefficient (Wildman–Crippen LogP) is 4.61. The molecule has 0 spiro atoms. The number of carbonyl (C=O) groups excluding carboxylic acids is 2. The van der Waals surface area contributed by atoms with E-state index in [1.165, 1.54) is 16.9 Å². The van der Waals surface area contributed by atoms with Crippen LogP contribution in [0.15, 0.2) is 77.9 Å². The number of nitrogens with two attached hydrogens (primary N) is 2. The van der Waals surface area contributed by atoms with Crippen molar-refractivity contribution >= 4 is 39.9 Å². The highest BCUT2D eigenvalue weighted by Crippen LogP contribution is 2.29. The Labute approximate surface area is 244 Å². The van der Waals surface area contributed by atoms with Crippen LogP contribution in [0, 0.1) is 6.92 Å². The second-order valence-corrected chi connectivity index (χ2v) is 11.7. The number of guanidine groups is 1. The van der Waals surface area contributed by atoms with E-state index in [0.717, 1.165) is 26.9 Å². The molecule has 9 heteroatoms. The lowest BCUT2D eigenvalue weighted by Gasteiger charge is -2.45. The van der Waals surface area contributed by atoms with E-state index in [-0.39, 0.29) is 29.9 Å². The SMILES string of the molecule is Cc1ccc(-c2ncc(C(=O)N3C[C@@H](C)N(C(=O)Cc4ccc5ccccc5c4)CC3CCCN=C(N)N)s2)cc1. The smallest absolute Gasteiger partial charge is 0.265 e. The van der Waals surface area contributed by atoms with Crippen LogP contribution >= 0.6 is 11.3 Å². The van der Waals surface area contributed by atoms with Crippen LogP contribution in [0.3, 0.4) is 0 Å². The van der Waals surface area contributed by atoms with Gasteiger partial charge in [0.2, 0.25) is 5.91 Å². The second kappa shape index (κ2) is 12.5. The molecule has 8 nitrogen and oxygen atoms in total. The molecule has 5 rings (SSSR count). The lowest BCUT2D eigenvalue weighted by Crippen LogP contribution is -2.60. The number of aliphatic imine (C=N–C) groups is 1. The largest absolute Gasteiger partial charge is 0.370 e. The minimum Gasteiger partial charge on any atom is -0.370 e. The molecule has 1 unspecified atom stereocenters. The number of nitrogens with zero attached hydrogens (tertiary/aromatic N) is 4. The molecule has 1 fully saturated rings. The number of rotatable bonds is 8. The Morgan fingerprint density at radius 2 is 1.76 bits per heavy atom. The van der Waals surface area contributed by atoms with Crippen LogP contribution in [0.25, 0.3) is 21.3 Å². The summed E-state index contributed by atoms with van der Waals surface area (Å²) >= 11 is 1.40. The third-order valence-electron chi connectivity index (χ3n) is 7.60. The third kappa shape index (κ3) is 6.74. The Balaban J connectivity index is 1.33. The van der Waals surface area contributed by atoms with Crippen LogP contribution < -0.4 is 11.5 Å². The summed E-state index contributed by atoms with van der Waals surface area (Å²) in [4.78, 5) is 40.5. The molecular weight excluding hydrogens is 532 g/mol. The van der Waals surface area contributed by atoms with Crippen molar-refractivity contribution < 1.29 is 9.59 Å². The van der Waals surface area contributed by atoms with Gasteiger partial charge in [0.05, 0.1) is 12.6 Å². The van der Waals surface area contributed by atoms with Crippen molar-refractivity contribution in [2.45, 2.75) is 45.2 Å². The molecule has 1 aliphatic heterocycles. The maximum atomic E-state index is 13.8. The van der Waals surface area contributed by atoms with Gasteiger partial charge in [0, 0.05) is 37.3 Å². The van der Waals surface area contributed by atoms with E-state index in [4.69, 9.17) is 11.5 Å². The van der Waals surface area contributed by atoms with E-state index in [9.17, 15) is 9.59 Å². The van der Waals surface area contributed by atoms with Gasteiger partial charge < -0.3 is 21.3 Å². The molecule has 2 heterocycles. The first-order chi connectivity index (χ1) is 19.8. The number of thiazole rings is 1. The standard InChI is InChI=1S/C32H36N6O2S/c1-21-9-12-25(13-10-21)30-36-18-28(41-30)31(40)38-19-22(2)37(20-27(38)8-5-15-35-32(33)34)29(39)17-23-11-14-24-6-3-4-7-26(24)16-23/h3-4,6-7,9-14,16,18,22,27H,5,8,15,17,19-20H2,1-2H3,(H4,33,34,35)/t22-,27?/m1/s1. The van der Waals surface area contributed by atoms with Crippen molar-refractivity contribution in [3.8, 4) is 10.6 Å². The molecule has 1 aliphatic rings. The van der Waals surface area contributed by atoms with Gasteiger partial charge in [0.25, 0.3) is 5.91 Å². The Hall–Kier alpha value is -4.24. The number of fused-ring (bicyclic) bond motifs is 1. The van der Waals surface area contributed by atoms with E-state index in [0.29, 0.717) is 43.8 Å². The van der Waals surface area contributed by atoms with Gasteiger partial charge in [0.15, 0.2) is 5.96 Å². The number of aryl methyl sites for hydroxylation is 1. The van der Waals surface area contributed by atoms with Gasteiger partial charge in [-0.1, -0.05) is 72.3 Å². The van der Waals surface area contributed by atoms with Gasteiger partial charge in [-0.15, -0.1) is 11.3 Å². The molecule has 0 saturated carbocycles. The number of amides is 2. The highest BCUT2D eigenvalue weighted by molar-refractivity contribution is 7.16. The van der Waals surface area contributed by atoms with Crippen LogP contribution in [0.4, 0.5) is 0 Å². The highest BCUT2D eigenvalue weighted by Gasteiger charge is 2.37. The number of benzene rings is 3. The average Bonchev–Trinajstić information content (AvgIpc) is 3.46. The minimum atomic E-state index is -0.154. The molecule has 0 radical (unpaired) electrons. The maximum Gasteiger partial charge on any atom is 0.265 e. The molecule has 3 aromatic carbocycles. The summed E-state index contributed by atoms with van der Waals surface area (Å²) in [7, 11) is 0. The molecule has 41 heavy (non-hydrogen) atoms. The van der Waals surface area contributed by atoms with Crippen LogP contribution in [0.1, 0.15) is 40.6 Å². The summed E-state index contributed by atoms with van der Waals surface area (Å²) in [6.45, 7) is 5.44. The van der Waals surface area contributed by atoms with Gasteiger partial charge in [-0.3, -0.25) is 14.6 Å². The van der Waals surface area contributed by atoms with E-state index >= 15 is 0 Å². The summed E-state index contributed by atoms with van der Waals surface area (Å²) in [5.74, 6) is 0.0606. The number of hydrogen-bond acceptors (Lipinski definition) is 5. The van der Waals surface area contributed by atoms with E-state index in [2.05, 4.69) is 34.2 Å². The Kier molecular flexibility index (Phi) is 8.64. The second-order valence-electron chi connectivity index (χ2n) is 10.7. The van der Waals surface area contributed by atoms with E-state index in [1.54, 1.807) is 6.20 Å². The normalized spacial score (nSPS) is 17.0. The summed E-state index contributed by atoms with van der Waals surface area (Å²) < 4.78 is 0. The Bertz CT molecular complexity index is 1560. The quantitative estimate of drug-likeness (QED) is 0.183. The van der Waals surface area contributed by atoms with Crippen LogP contribution in [0.2, 0.25) is 0 Å². The lowest BCUT2D eigenvalue weighted by molar-refractivity contribution is -0.136. The molecule has 4 N–H and O–H groups in total. The first-order valence-corrected chi connectivity index (χ1v) is 14.8. The zero-order chi connectivity index (χ0) is 28.9. The van der Waals surface area contributed by atoms with Crippen molar-refractivity contribution in [2.75, 3.05) is 19.6 Å². The summed E-state index contributed by atoms with van der Waals surface area (Å²) in [5, 5.41) is 3.09. The van der Waals surface area contributed by atoms with Crippen LogP contribution in [-0.2, 0) is 11.2 Å². The van der Waals surface area contributed by atoms with E-state index in [1.807, 2.05) is 66.1 Å². The van der Waals surface area contributed by atoms with Gasteiger partial charge in [-0.2, -0.15) is 0 Å². The predicted molar refractivity (Wildman–Crippen MR) is 166 cm³/mol. The van der Waals surface area contributed by atoms with Crippen molar-refractivity contribution in [1.82, 2.24) is 14.8 Å². The van der Waals surface area contributed by atoms with Crippen molar-refractivity contribution in [3.05, 3.63) is 88.9 Å². The molecular formula is C32H36N6O2S. The first kappa shape index (κ1) is 28.3. The Morgan fingerprint density at radius 3 is 2.51 bits per heavy atom. The number of carbonyl (C=O) groups is 2. The fourth-order valence-corrected chi connectivity index (χ4v) is 6.26. The topological polar surface area (TPSA) is 118 Å². The van der Waals surface area contributed by atoms with Gasteiger partial charge >= 0.3 is 0 Å². The first-order valence-electron chi connectivity index (χ1n) is 13.9. The highest BCUT2D eigenvalue weighted by atomic mass is 32.1. The molecule has 2 atom stereocenters. The molecule has 212 valence electrons. The zero-order valence-corrected chi connectivity index (χ0v) is 24.3. The van der Waals surface area contributed by atoms with Crippen molar-refractivity contribution in [1.29, 1.82) is 0 Å². The lowest BCUT2D eigenvalue weighted by atomic mass is 10.00. The van der Waals surface area contributed by atoms with Gasteiger partial charge in [-0.25, -0.2) is 4.98 Å². The number of aromatic nitrogens is 1. The number of piperazine rings is 1. The van der Waals surface area contributed by atoms with Crippen LogP contribution in [0.5, 0.6) is 0 Å². The summed E-state index contributed by atoms with van der Waals surface area (Å²) in [6.07, 6.45) is 3.36. The van der Waals surface area contributed by atoms with Gasteiger partial charge in [-0.05, 0) is 43.0 Å². The molecule has 1 aromatic heterocycles. The third-order valence-corrected chi connectivity index (χ3v) is 8.63. The van der Waals surface area contributed by atoms with Crippen molar-refractivity contribution in [3.63, 3.8) is 0 Å². The van der Waals surface area contributed by atoms with Gasteiger partial charge in [0.1, 0.15) is 9.88 Å². The summed E-state index contributed by atoms with van der Waals surface area (Å²) in [5.41, 5.74) is 14.2. The fourth-order valence-electron chi connectivity index (χ4n) is 5.39. The molecule has 0 aliphatic carbocycles. The number of hydrogen-bond donors (Lipinski definition) is 2. The molecule has 2 amide bonds. The monoisotopic (exact) mass is 568 g/mol. The Morgan fingerprint density at radius 1 is 1.00 bits per heavy atom. The van der Waals surface area contributed by atoms with Crippen molar-refractivity contribution in [2.24, 2.45) is 16.5 Å². The molecule has 1 saturated heterocycles. The maximum absolute atomic E-state index is 13.8. The molecule has 4 aromatic rings. The average molecular weight is 569 g/mol. The fraction of sp³-hybridized carbons (Fsp3) is 0.312. The molecule has 0 bridgehead atoms. The van der Waals surface area contributed by atoms with Crippen LogP contribution in [-0.4, -0.2) is 64.3 Å². The van der Waals surface area contributed by atoms with E-state index < -0.39 is 0 Å².